The molecule has 0 radical (unpaired) electrons. The fourth-order valence-corrected chi connectivity index (χ4v) is 0.975. The lowest BCUT2D eigenvalue weighted by molar-refractivity contribution is -0.120. The van der Waals surface area contributed by atoms with Crippen LogP contribution in [0, 0.1) is 0 Å². The molecule has 0 aliphatic heterocycles. The third-order valence-electron chi connectivity index (χ3n) is 1.29. The lowest BCUT2D eigenvalue weighted by Gasteiger charge is -2.01. The lowest BCUT2D eigenvalue weighted by atomic mass is 10.4. The quantitative estimate of drug-likeness (QED) is 0.563. The molecule has 66 valence electrons. The Morgan fingerprint density at radius 1 is 1.45 bits per heavy atom. The van der Waals surface area contributed by atoms with Gasteiger partial charge in [-0.05, 0) is 6.26 Å². The van der Waals surface area contributed by atoms with Crippen LogP contribution in [0.15, 0.2) is 0 Å². The highest BCUT2D eigenvalue weighted by molar-refractivity contribution is 7.98. The summed E-state index contributed by atoms with van der Waals surface area (Å²) >= 11 is 1.80. The minimum Gasteiger partial charge on any atom is -0.359 e. The van der Waals surface area contributed by atoms with E-state index in [0.717, 1.165) is 18.8 Å². The summed E-state index contributed by atoms with van der Waals surface area (Å²) in [6.45, 7) is 1.76. The molecule has 2 N–H and O–H groups in total. The van der Waals surface area contributed by atoms with Crippen LogP contribution in [0.5, 0.6) is 0 Å². The van der Waals surface area contributed by atoms with Crippen LogP contribution in [0.4, 0.5) is 0 Å². The van der Waals surface area contributed by atoms with Crippen molar-refractivity contribution in [2.75, 3.05) is 32.1 Å². The van der Waals surface area contributed by atoms with E-state index in [1.165, 1.54) is 0 Å². The fourth-order valence-electron chi connectivity index (χ4n) is 0.626. The molecule has 0 unspecified atom stereocenters. The van der Waals surface area contributed by atoms with E-state index < -0.39 is 0 Å². The maximum absolute atomic E-state index is 10.7. The van der Waals surface area contributed by atoms with Crippen LogP contribution in [0.3, 0.4) is 0 Å². The Bertz CT molecular complexity index is 109. The van der Waals surface area contributed by atoms with Gasteiger partial charge in [-0.3, -0.25) is 4.79 Å². The van der Waals surface area contributed by atoms with Crippen molar-refractivity contribution in [3.63, 3.8) is 0 Å². The van der Waals surface area contributed by atoms with Gasteiger partial charge in [-0.15, -0.1) is 0 Å². The van der Waals surface area contributed by atoms with Crippen LogP contribution in [-0.4, -0.2) is 38.1 Å². The maximum Gasteiger partial charge on any atom is 0.221 e. The van der Waals surface area contributed by atoms with Crippen molar-refractivity contribution in [3.05, 3.63) is 0 Å². The summed E-state index contributed by atoms with van der Waals surface area (Å²) in [7, 11) is 1.66. The van der Waals surface area contributed by atoms with E-state index in [1.807, 2.05) is 0 Å². The molecular formula is C7H16N2OS. The second kappa shape index (κ2) is 7.88. The Morgan fingerprint density at radius 3 is 2.73 bits per heavy atom. The van der Waals surface area contributed by atoms with Gasteiger partial charge in [0.25, 0.3) is 0 Å². The minimum atomic E-state index is 0.0988. The number of hydrogen-bond acceptors (Lipinski definition) is 3. The number of nitrogens with one attached hydrogen (secondary N) is 2. The molecule has 0 bridgehead atoms. The van der Waals surface area contributed by atoms with Crippen molar-refractivity contribution in [1.29, 1.82) is 0 Å². The van der Waals surface area contributed by atoms with Crippen LogP contribution in [0.2, 0.25) is 0 Å². The largest absolute Gasteiger partial charge is 0.359 e. The summed E-state index contributed by atoms with van der Waals surface area (Å²) in [6.07, 6.45) is 2.64. The second-order valence-electron chi connectivity index (χ2n) is 2.17. The smallest absolute Gasteiger partial charge is 0.221 e. The summed E-state index contributed by atoms with van der Waals surface area (Å²) in [5.74, 6) is 1.20. The first-order chi connectivity index (χ1) is 5.31. The molecule has 1 amide bonds. The van der Waals surface area contributed by atoms with Crippen molar-refractivity contribution in [1.82, 2.24) is 10.6 Å². The molecule has 4 heteroatoms. The molecule has 0 atom stereocenters. The second-order valence-corrected chi connectivity index (χ2v) is 3.15. The van der Waals surface area contributed by atoms with E-state index in [1.54, 1.807) is 18.8 Å². The van der Waals surface area contributed by atoms with Crippen molar-refractivity contribution < 1.29 is 4.79 Å². The van der Waals surface area contributed by atoms with Crippen molar-refractivity contribution in [2.45, 2.75) is 6.42 Å². The number of carbonyl (C=O) groups is 1. The normalized spacial score (nSPS) is 9.64. The molecule has 0 aromatic carbocycles. The SMILES string of the molecule is CNC(=O)CCNCCSC. The molecule has 0 spiro atoms. The summed E-state index contributed by atoms with van der Waals surface area (Å²) < 4.78 is 0. The van der Waals surface area contributed by atoms with Crippen LogP contribution in [0.25, 0.3) is 0 Å². The number of hydrogen-bond donors (Lipinski definition) is 2. The van der Waals surface area contributed by atoms with E-state index in [0.29, 0.717) is 6.42 Å². The molecule has 0 aliphatic carbocycles. The van der Waals surface area contributed by atoms with E-state index >= 15 is 0 Å². The number of rotatable bonds is 6. The predicted molar refractivity (Wildman–Crippen MR) is 49.9 cm³/mol. The van der Waals surface area contributed by atoms with Gasteiger partial charge in [-0.25, -0.2) is 0 Å². The molecule has 0 heterocycles. The predicted octanol–water partition coefficient (Wildman–Crippen LogP) is 0.0751. The van der Waals surface area contributed by atoms with Crippen molar-refractivity contribution in [3.8, 4) is 0 Å². The Labute approximate surface area is 72.3 Å². The minimum absolute atomic E-state index is 0.0988. The van der Waals surface area contributed by atoms with Crippen molar-refractivity contribution in [2.24, 2.45) is 0 Å². The summed E-state index contributed by atoms with van der Waals surface area (Å²) in [5, 5.41) is 5.74. The zero-order chi connectivity index (χ0) is 8.53. The average Bonchev–Trinajstić information content (AvgIpc) is 2.04. The van der Waals surface area contributed by atoms with Crippen LogP contribution >= 0.6 is 11.8 Å². The van der Waals surface area contributed by atoms with Gasteiger partial charge < -0.3 is 10.6 Å². The molecule has 11 heavy (non-hydrogen) atoms. The highest BCUT2D eigenvalue weighted by atomic mass is 32.2. The molecule has 0 aromatic heterocycles. The third-order valence-corrected chi connectivity index (χ3v) is 1.90. The Morgan fingerprint density at radius 2 is 2.18 bits per heavy atom. The molecule has 0 saturated heterocycles. The molecule has 0 rings (SSSR count). The number of thioether (sulfide) groups is 1. The van der Waals surface area contributed by atoms with E-state index in [9.17, 15) is 4.79 Å². The van der Waals surface area contributed by atoms with E-state index in [4.69, 9.17) is 0 Å². The van der Waals surface area contributed by atoms with Gasteiger partial charge in [0.1, 0.15) is 0 Å². The fraction of sp³-hybridized carbons (Fsp3) is 0.857. The summed E-state index contributed by atoms with van der Waals surface area (Å²) in [4.78, 5) is 10.7. The molecule has 3 nitrogen and oxygen atoms in total. The monoisotopic (exact) mass is 176 g/mol. The first-order valence-electron chi connectivity index (χ1n) is 3.71. The zero-order valence-corrected chi connectivity index (χ0v) is 7.96. The molecular weight excluding hydrogens is 160 g/mol. The van der Waals surface area contributed by atoms with Gasteiger partial charge in [-0.2, -0.15) is 11.8 Å². The van der Waals surface area contributed by atoms with E-state index in [-0.39, 0.29) is 5.91 Å². The van der Waals surface area contributed by atoms with E-state index in [2.05, 4.69) is 16.9 Å². The van der Waals surface area contributed by atoms with Crippen molar-refractivity contribution >= 4 is 17.7 Å². The maximum atomic E-state index is 10.7. The van der Waals surface area contributed by atoms with Crippen LogP contribution < -0.4 is 10.6 Å². The average molecular weight is 176 g/mol. The Hall–Kier alpha value is -0.220. The standard InChI is InChI=1S/C7H16N2OS/c1-8-7(10)3-4-9-5-6-11-2/h9H,3-6H2,1-2H3,(H,8,10). The highest BCUT2D eigenvalue weighted by Gasteiger charge is 1.94. The summed E-state index contributed by atoms with van der Waals surface area (Å²) in [5.41, 5.74) is 0. The van der Waals surface area contributed by atoms with Gasteiger partial charge in [0, 0.05) is 32.3 Å². The highest BCUT2D eigenvalue weighted by Crippen LogP contribution is 1.86. The van der Waals surface area contributed by atoms with Gasteiger partial charge in [-0.1, -0.05) is 0 Å². The van der Waals surface area contributed by atoms with Crippen LogP contribution in [0.1, 0.15) is 6.42 Å². The summed E-state index contributed by atoms with van der Waals surface area (Å²) in [6, 6.07) is 0. The number of amides is 1. The van der Waals surface area contributed by atoms with Gasteiger partial charge in [0.2, 0.25) is 5.91 Å². The molecule has 0 saturated carbocycles. The first kappa shape index (κ1) is 10.8. The van der Waals surface area contributed by atoms with Gasteiger partial charge >= 0.3 is 0 Å². The zero-order valence-electron chi connectivity index (χ0n) is 7.14. The topological polar surface area (TPSA) is 41.1 Å². The third kappa shape index (κ3) is 7.68. The van der Waals surface area contributed by atoms with Gasteiger partial charge in [0.05, 0.1) is 0 Å². The first-order valence-corrected chi connectivity index (χ1v) is 5.11. The lowest BCUT2D eigenvalue weighted by Crippen LogP contribution is -2.25. The molecule has 0 aliphatic rings. The van der Waals surface area contributed by atoms with Gasteiger partial charge in [0.15, 0.2) is 0 Å². The molecule has 0 fully saturated rings. The number of carbonyl (C=O) groups excluding carboxylic acids is 1. The Kier molecular flexibility index (Phi) is 7.72. The molecule has 0 aromatic rings. The Balaban J connectivity index is 2.95. The van der Waals surface area contributed by atoms with Crippen LogP contribution in [-0.2, 0) is 4.79 Å².